The first-order chi connectivity index (χ1) is 5.25. The van der Waals surface area contributed by atoms with Crippen LogP contribution in [0.2, 0.25) is 0 Å². The molecule has 0 aliphatic heterocycles. The van der Waals surface area contributed by atoms with Gasteiger partial charge in [-0.15, -0.1) is 0 Å². The van der Waals surface area contributed by atoms with E-state index in [0.717, 1.165) is 6.07 Å². The molecule has 5 heteroatoms. The minimum Gasteiger partial charge on any atom is -0.824 e. The molecule has 0 radical (unpaired) electrons. The van der Waals surface area contributed by atoms with Crippen LogP contribution in [0, 0.1) is 11.6 Å². The normalized spacial score (nSPS) is 8.92. The van der Waals surface area contributed by atoms with Crippen molar-refractivity contribution in [2.24, 2.45) is 0 Å². The maximum absolute atomic E-state index is 12.5. The second-order valence-electron chi connectivity index (χ2n) is 1.81. The molecule has 0 fully saturated rings. The predicted molar refractivity (Wildman–Crippen MR) is 31.9 cm³/mol. The van der Waals surface area contributed by atoms with Crippen molar-refractivity contribution in [3.8, 4) is 5.75 Å². The van der Waals surface area contributed by atoms with Crippen LogP contribution in [0.15, 0.2) is 18.2 Å². The minimum atomic E-state index is -1.12. The molecule has 12 heavy (non-hydrogen) atoms. The van der Waals surface area contributed by atoms with Gasteiger partial charge in [-0.25, -0.2) is 4.39 Å². The van der Waals surface area contributed by atoms with Crippen molar-refractivity contribution in [1.82, 2.24) is 0 Å². The molecule has 0 unspecified atom stereocenters. The van der Waals surface area contributed by atoms with Gasteiger partial charge >= 0.3 is 51.4 Å². The molecule has 0 atom stereocenters. The molecule has 0 saturated heterocycles. The molecule has 60 valence electrons. The van der Waals surface area contributed by atoms with Crippen LogP contribution < -0.4 is 61.2 Å². The van der Waals surface area contributed by atoms with Crippen LogP contribution >= 0.6 is 0 Å². The van der Waals surface area contributed by atoms with Gasteiger partial charge in [0.05, 0.1) is 0 Å². The van der Waals surface area contributed by atoms with Gasteiger partial charge in [0.1, 0.15) is 0 Å². The summed E-state index contributed by atoms with van der Waals surface area (Å²) in [5.74, 6) is -2.49. The molecule has 0 saturated carbocycles. The van der Waals surface area contributed by atoms with Gasteiger partial charge in [0.2, 0.25) is 5.82 Å². The van der Waals surface area contributed by atoms with Gasteiger partial charge < -0.3 is 9.84 Å². The van der Waals surface area contributed by atoms with Crippen LogP contribution in [-0.2, 0) is 0 Å². The molecule has 0 amide bonds. The molecule has 0 bridgehead atoms. The molecular formula is C7H5F2KO2. The molecule has 1 aromatic rings. The van der Waals surface area contributed by atoms with E-state index in [0.29, 0.717) is 0 Å². The fraction of sp³-hybridized carbons (Fsp3) is 0.143. The summed E-state index contributed by atoms with van der Waals surface area (Å²) in [5.41, 5.74) is 0. The molecule has 0 aromatic heterocycles. The van der Waals surface area contributed by atoms with Crippen molar-refractivity contribution in [2.75, 3.05) is 6.79 Å². The largest absolute Gasteiger partial charge is 1.00 e. The van der Waals surface area contributed by atoms with Gasteiger partial charge in [0.25, 0.3) is 0 Å². The number of benzene rings is 1. The summed E-state index contributed by atoms with van der Waals surface area (Å²) in [6.45, 7) is -0.916. The summed E-state index contributed by atoms with van der Waals surface area (Å²) >= 11 is 0. The van der Waals surface area contributed by atoms with Gasteiger partial charge in [-0.1, -0.05) is 6.07 Å². The summed E-state index contributed by atoms with van der Waals surface area (Å²) in [6, 6.07) is 3.41. The standard InChI is InChI=1S/C7H5F2O2.K/c8-5-2-1-3-6(7(5)9)11-4-10;/h1-3H,4H2;/q-1;+1. The molecule has 1 aromatic carbocycles. The van der Waals surface area contributed by atoms with Gasteiger partial charge in [0, 0.05) is 6.79 Å². The third kappa shape index (κ3) is 3.08. The fourth-order valence-electron chi connectivity index (χ4n) is 0.659. The Kier molecular flexibility index (Phi) is 6.25. The van der Waals surface area contributed by atoms with E-state index < -0.39 is 18.4 Å². The summed E-state index contributed by atoms with van der Waals surface area (Å²) in [6.07, 6.45) is 0. The molecule has 1 rings (SSSR count). The fourth-order valence-corrected chi connectivity index (χ4v) is 0.659. The third-order valence-corrected chi connectivity index (χ3v) is 1.13. The van der Waals surface area contributed by atoms with Crippen LogP contribution in [0.5, 0.6) is 5.75 Å². The Morgan fingerprint density at radius 2 is 2.00 bits per heavy atom. The van der Waals surface area contributed by atoms with E-state index in [9.17, 15) is 13.9 Å². The van der Waals surface area contributed by atoms with Crippen molar-refractivity contribution < 1.29 is 70.0 Å². The zero-order valence-electron chi connectivity index (χ0n) is 6.51. The van der Waals surface area contributed by atoms with Crippen molar-refractivity contribution in [3.05, 3.63) is 29.8 Å². The van der Waals surface area contributed by atoms with Crippen molar-refractivity contribution in [1.29, 1.82) is 0 Å². The number of halogens is 2. The number of hydrogen-bond acceptors (Lipinski definition) is 2. The van der Waals surface area contributed by atoms with E-state index in [1.165, 1.54) is 12.1 Å². The first-order valence-corrected chi connectivity index (χ1v) is 2.90. The monoisotopic (exact) mass is 198 g/mol. The van der Waals surface area contributed by atoms with E-state index in [1.807, 2.05) is 0 Å². The topological polar surface area (TPSA) is 32.3 Å². The molecule has 0 heterocycles. The Morgan fingerprint density at radius 1 is 1.33 bits per heavy atom. The Balaban J connectivity index is 0.00000121. The Bertz CT molecular complexity index is 255. The maximum Gasteiger partial charge on any atom is 1.00 e. The summed E-state index contributed by atoms with van der Waals surface area (Å²) in [4.78, 5) is 0. The van der Waals surface area contributed by atoms with Crippen LogP contribution in [-0.4, -0.2) is 6.79 Å². The van der Waals surface area contributed by atoms with Crippen LogP contribution in [0.4, 0.5) is 8.78 Å². The number of ether oxygens (including phenoxy) is 1. The van der Waals surface area contributed by atoms with Gasteiger partial charge in [0.15, 0.2) is 11.6 Å². The van der Waals surface area contributed by atoms with Crippen LogP contribution in [0.3, 0.4) is 0 Å². The van der Waals surface area contributed by atoms with E-state index in [2.05, 4.69) is 4.74 Å². The SMILES string of the molecule is [K+].[O-]COc1cccc(F)c1F. The second-order valence-corrected chi connectivity index (χ2v) is 1.81. The van der Waals surface area contributed by atoms with Crippen molar-refractivity contribution in [2.45, 2.75) is 0 Å². The minimum absolute atomic E-state index is 0. The zero-order valence-corrected chi connectivity index (χ0v) is 9.63. The Hall–Kier alpha value is 0.476. The van der Waals surface area contributed by atoms with Crippen molar-refractivity contribution in [3.63, 3.8) is 0 Å². The zero-order chi connectivity index (χ0) is 8.27. The third-order valence-electron chi connectivity index (χ3n) is 1.13. The average Bonchev–Trinajstić information content (AvgIpc) is 1.99. The molecule has 0 aliphatic carbocycles. The smallest absolute Gasteiger partial charge is 0.824 e. The molecular weight excluding hydrogens is 193 g/mol. The molecule has 0 spiro atoms. The van der Waals surface area contributed by atoms with Gasteiger partial charge in [-0.2, -0.15) is 4.39 Å². The van der Waals surface area contributed by atoms with E-state index in [4.69, 9.17) is 0 Å². The average molecular weight is 198 g/mol. The van der Waals surface area contributed by atoms with E-state index in [1.54, 1.807) is 0 Å². The molecule has 0 N–H and O–H groups in total. The van der Waals surface area contributed by atoms with E-state index >= 15 is 0 Å². The Labute approximate surface area is 111 Å². The summed E-state index contributed by atoms with van der Waals surface area (Å²) in [7, 11) is 0. The predicted octanol–water partition coefficient (Wildman–Crippen LogP) is -2.33. The Morgan fingerprint density at radius 3 is 2.58 bits per heavy atom. The number of rotatable bonds is 2. The van der Waals surface area contributed by atoms with Crippen molar-refractivity contribution >= 4 is 0 Å². The summed E-state index contributed by atoms with van der Waals surface area (Å²) in [5, 5.41) is 9.85. The summed E-state index contributed by atoms with van der Waals surface area (Å²) < 4.78 is 29.1. The molecule has 2 nitrogen and oxygen atoms in total. The van der Waals surface area contributed by atoms with E-state index in [-0.39, 0.29) is 57.1 Å². The van der Waals surface area contributed by atoms with Crippen LogP contribution in [0.25, 0.3) is 0 Å². The second kappa shape index (κ2) is 6.01. The quantitative estimate of drug-likeness (QED) is 0.394. The maximum atomic E-state index is 12.5. The first-order valence-electron chi connectivity index (χ1n) is 2.90. The van der Waals surface area contributed by atoms with Gasteiger partial charge in [-0.05, 0) is 12.1 Å². The molecule has 0 aliphatic rings. The first kappa shape index (κ1) is 12.5. The van der Waals surface area contributed by atoms with Crippen LogP contribution in [0.1, 0.15) is 0 Å². The van der Waals surface area contributed by atoms with Gasteiger partial charge in [-0.3, -0.25) is 0 Å². The number of hydrogen-bond donors (Lipinski definition) is 0.